The van der Waals surface area contributed by atoms with Crippen LogP contribution in [-0.4, -0.2) is 72.3 Å². The minimum absolute atomic E-state index is 0.0204. The quantitative estimate of drug-likeness (QED) is 0.166. The molecule has 1 saturated heterocycles. The number of likely N-dealkylation sites (tertiary alicyclic amines) is 1. The number of benzene rings is 1. The van der Waals surface area contributed by atoms with E-state index in [0.717, 1.165) is 19.3 Å². The van der Waals surface area contributed by atoms with Gasteiger partial charge in [0, 0.05) is 31.6 Å². The predicted molar refractivity (Wildman–Crippen MR) is 148 cm³/mol. The van der Waals surface area contributed by atoms with E-state index in [4.69, 9.17) is 9.47 Å². The third-order valence-electron chi connectivity index (χ3n) is 7.59. The summed E-state index contributed by atoms with van der Waals surface area (Å²) in [5.41, 5.74) is -0.932. The molecule has 2 aliphatic rings. The van der Waals surface area contributed by atoms with Gasteiger partial charge in [-0.3, -0.25) is 24.0 Å². The van der Waals surface area contributed by atoms with Gasteiger partial charge in [-0.05, 0) is 46.0 Å². The van der Waals surface area contributed by atoms with Crippen molar-refractivity contribution in [1.82, 2.24) is 15.5 Å². The Morgan fingerprint density at radius 2 is 1.55 bits per heavy atom. The SMILES string of the molecule is CC(C)(C)OC(=O)C[C@H](NC(=O)C1CCN(C(=O)C(=O)NCCC2CCCC2)CC1)C(=O)COc1c(F)c(F)cc(F)c1F. The van der Waals surface area contributed by atoms with Crippen molar-refractivity contribution in [3.8, 4) is 5.75 Å². The number of halogens is 4. The van der Waals surface area contributed by atoms with Crippen LogP contribution in [0.2, 0.25) is 0 Å². The maximum atomic E-state index is 14.0. The van der Waals surface area contributed by atoms with Gasteiger partial charge in [-0.2, -0.15) is 8.78 Å². The van der Waals surface area contributed by atoms with Crippen molar-refractivity contribution in [3.05, 3.63) is 29.3 Å². The molecule has 1 aromatic carbocycles. The van der Waals surface area contributed by atoms with Crippen LogP contribution in [0.25, 0.3) is 0 Å². The van der Waals surface area contributed by atoms with Crippen LogP contribution < -0.4 is 15.4 Å². The molecule has 0 aromatic heterocycles. The molecular formula is C30H39F4N3O7. The molecule has 0 unspecified atom stereocenters. The van der Waals surface area contributed by atoms with Gasteiger partial charge in [0.2, 0.25) is 17.5 Å². The molecule has 2 fully saturated rings. The van der Waals surface area contributed by atoms with Gasteiger partial charge in [0.1, 0.15) is 18.2 Å². The molecule has 1 aliphatic carbocycles. The number of carbonyl (C=O) groups excluding carboxylic acids is 5. The van der Waals surface area contributed by atoms with Gasteiger partial charge in [-0.15, -0.1) is 0 Å². The highest BCUT2D eigenvalue weighted by molar-refractivity contribution is 6.35. The second-order valence-electron chi connectivity index (χ2n) is 12.2. The molecule has 14 heteroatoms. The number of amides is 3. The molecule has 2 N–H and O–H groups in total. The summed E-state index contributed by atoms with van der Waals surface area (Å²) in [4.78, 5) is 64.7. The number of Topliss-reactive ketones (excluding diaryl/α,β-unsaturated/α-hetero) is 1. The number of hydrogen-bond donors (Lipinski definition) is 2. The van der Waals surface area contributed by atoms with Crippen molar-refractivity contribution in [2.45, 2.75) is 83.8 Å². The summed E-state index contributed by atoms with van der Waals surface area (Å²) in [6.07, 6.45) is 5.09. The van der Waals surface area contributed by atoms with Crippen molar-refractivity contribution in [2.24, 2.45) is 11.8 Å². The number of nitrogens with one attached hydrogen (secondary N) is 2. The maximum absolute atomic E-state index is 14.0. The smallest absolute Gasteiger partial charge is 0.311 e. The van der Waals surface area contributed by atoms with Crippen molar-refractivity contribution in [2.75, 3.05) is 26.2 Å². The Balaban J connectivity index is 1.57. The van der Waals surface area contributed by atoms with Gasteiger partial charge in [0.25, 0.3) is 0 Å². The Kier molecular flexibility index (Phi) is 12.1. The minimum Gasteiger partial charge on any atom is -0.479 e. The average Bonchev–Trinajstić information content (AvgIpc) is 3.48. The summed E-state index contributed by atoms with van der Waals surface area (Å²) in [5.74, 6) is -12.7. The molecule has 0 bridgehead atoms. The lowest BCUT2D eigenvalue weighted by Gasteiger charge is -2.31. The van der Waals surface area contributed by atoms with Crippen molar-refractivity contribution < 1.29 is 51.0 Å². The maximum Gasteiger partial charge on any atom is 0.311 e. The van der Waals surface area contributed by atoms with Crippen molar-refractivity contribution in [1.29, 1.82) is 0 Å². The summed E-state index contributed by atoms with van der Waals surface area (Å²) >= 11 is 0. The van der Waals surface area contributed by atoms with Crippen LogP contribution in [0.5, 0.6) is 5.75 Å². The summed E-state index contributed by atoms with van der Waals surface area (Å²) in [6.45, 7) is 4.23. The fourth-order valence-electron chi connectivity index (χ4n) is 5.26. The largest absolute Gasteiger partial charge is 0.479 e. The second kappa shape index (κ2) is 15.3. The number of rotatable bonds is 11. The van der Waals surface area contributed by atoms with Crippen LogP contribution in [0.4, 0.5) is 17.6 Å². The highest BCUT2D eigenvalue weighted by Crippen LogP contribution is 2.28. The zero-order chi connectivity index (χ0) is 32.6. The molecule has 3 amide bonds. The van der Waals surface area contributed by atoms with Crippen molar-refractivity contribution in [3.63, 3.8) is 0 Å². The van der Waals surface area contributed by atoms with Crippen LogP contribution in [0.3, 0.4) is 0 Å². The van der Waals surface area contributed by atoms with Crippen LogP contribution in [0.1, 0.15) is 72.1 Å². The fourth-order valence-corrected chi connectivity index (χ4v) is 5.26. The number of ether oxygens (including phenoxy) is 2. The molecule has 3 rings (SSSR count). The second-order valence-corrected chi connectivity index (χ2v) is 12.2. The van der Waals surface area contributed by atoms with Crippen LogP contribution in [0, 0.1) is 35.1 Å². The van der Waals surface area contributed by atoms with E-state index in [0.29, 0.717) is 12.5 Å². The lowest BCUT2D eigenvalue weighted by Crippen LogP contribution is -2.51. The first-order valence-electron chi connectivity index (χ1n) is 14.7. The van der Waals surface area contributed by atoms with Crippen molar-refractivity contribution >= 4 is 29.5 Å². The number of esters is 1. The third kappa shape index (κ3) is 9.91. The van der Waals surface area contributed by atoms with E-state index >= 15 is 0 Å². The molecule has 244 valence electrons. The number of nitrogens with zero attached hydrogens (tertiary/aromatic N) is 1. The van der Waals surface area contributed by atoms with E-state index in [1.165, 1.54) is 17.7 Å². The molecule has 44 heavy (non-hydrogen) atoms. The Morgan fingerprint density at radius 3 is 2.11 bits per heavy atom. The molecule has 10 nitrogen and oxygen atoms in total. The van der Waals surface area contributed by atoms with E-state index in [2.05, 4.69) is 10.6 Å². The zero-order valence-corrected chi connectivity index (χ0v) is 25.1. The van der Waals surface area contributed by atoms with Gasteiger partial charge in [-0.1, -0.05) is 25.7 Å². The summed E-state index contributed by atoms with van der Waals surface area (Å²) in [6, 6.07) is -1.58. The van der Waals surface area contributed by atoms with Gasteiger partial charge in [0.15, 0.2) is 23.2 Å². The highest BCUT2D eigenvalue weighted by atomic mass is 19.2. The van der Waals surface area contributed by atoms with E-state index in [1.807, 2.05) is 0 Å². The van der Waals surface area contributed by atoms with Gasteiger partial charge in [-0.25, -0.2) is 8.78 Å². The standard InChI is InChI=1S/C30H39F4N3O7/c1-30(2,3)44-23(39)15-21(22(38)16-43-26-24(33)19(31)14-20(32)25(26)34)36-27(40)18-9-12-37(13-10-18)29(42)28(41)35-11-8-17-6-4-5-7-17/h14,17-18,21H,4-13,15-16H2,1-3H3,(H,35,41)(H,36,40)/t21-/m0/s1. The molecular weight excluding hydrogens is 590 g/mol. The molecule has 1 heterocycles. The summed E-state index contributed by atoms with van der Waals surface area (Å²) < 4.78 is 65.0. The minimum atomic E-state index is -1.85. The van der Waals surface area contributed by atoms with Gasteiger partial charge < -0.3 is 25.0 Å². The molecule has 1 aromatic rings. The molecule has 1 aliphatic heterocycles. The average molecular weight is 630 g/mol. The number of carbonyl (C=O) groups is 5. The topological polar surface area (TPSA) is 131 Å². The van der Waals surface area contributed by atoms with E-state index < -0.39 is 89.1 Å². The van der Waals surface area contributed by atoms with Gasteiger partial charge in [0.05, 0.1) is 6.42 Å². The van der Waals surface area contributed by atoms with Crippen LogP contribution in [0.15, 0.2) is 6.07 Å². The lowest BCUT2D eigenvalue weighted by atomic mass is 9.95. The summed E-state index contributed by atoms with van der Waals surface area (Å²) in [5, 5.41) is 5.08. The van der Waals surface area contributed by atoms with E-state index in [-0.39, 0.29) is 32.0 Å². The van der Waals surface area contributed by atoms with E-state index in [1.54, 1.807) is 20.8 Å². The number of ketones is 1. The van der Waals surface area contributed by atoms with Crippen LogP contribution in [-0.2, 0) is 28.7 Å². The highest BCUT2D eigenvalue weighted by Gasteiger charge is 2.34. The summed E-state index contributed by atoms with van der Waals surface area (Å²) in [7, 11) is 0. The zero-order valence-electron chi connectivity index (χ0n) is 25.1. The molecule has 1 atom stereocenters. The number of hydrogen-bond acceptors (Lipinski definition) is 7. The third-order valence-corrected chi connectivity index (χ3v) is 7.59. The monoisotopic (exact) mass is 629 g/mol. The van der Waals surface area contributed by atoms with Crippen LogP contribution >= 0.6 is 0 Å². The predicted octanol–water partition coefficient (Wildman–Crippen LogP) is 3.34. The fraction of sp³-hybridized carbons (Fsp3) is 0.633. The normalized spacial score (nSPS) is 16.8. The Morgan fingerprint density at radius 1 is 0.955 bits per heavy atom. The Bertz CT molecular complexity index is 1210. The first-order valence-corrected chi connectivity index (χ1v) is 14.7. The molecule has 0 spiro atoms. The number of piperidine rings is 1. The Hall–Kier alpha value is -3.71. The molecule has 1 saturated carbocycles. The lowest BCUT2D eigenvalue weighted by molar-refractivity contribution is -0.156. The molecule has 0 radical (unpaired) electrons. The van der Waals surface area contributed by atoms with Gasteiger partial charge >= 0.3 is 17.8 Å². The van der Waals surface area contributed by atoms with E-state index in [9.17, 15) is 41.5 Å². The first kappa shape index (κ1) is 34.8. The Labute approximate surface area is 253 Å². The first-order chi connectivity index (χ1) is 20.7.